The number of carbonyl (C=O) groups excluding carboxylic acids is 1. The topological polar surface area (TPSA) is 83.6 Å². The van der Waals surface area contributed by atoms with Gasteiger partial charge in [-0.1, -0.05) is 0 Å². The van der Waals surface area contributed by atoms with E-state index in [1.165, 1.54) is 13.8 Å². The van der Waals surface area contributed by atoms with Crippen LogP contribution >= 0.6 is 0 Å². The monoisotopic (exact) mass is 146 g/mol. The zero-order chi connectivity index (χ0) is 8.31. The number of hydrazine groups is 1. The average molecular weight is 146 g/mol. The van der Waals surface area contributed by atoms with Gasteiger partial charge in [-0.15, -0.1) is 0 Å². The molecule has 58 valence electrons. The molecule has 0 rings (SSSR count). The maximum atomic E-state index is 10.4. The van der Waals surface area contributed by atoms with Crippen molar-refractivity contribution in [2.75, 3.05) is 0 Å². The van der Waals surface area contributed by atoms with Crippen molar-refractivity contribution < 1.29 is 14.7 Å². The second-order valence-corrected chi connectivity index (χ2v) is 1.94. The minimum absolute atomic E-state index is 0.463. The Morgan fingerprint density at radius 1 is 1.60 bits per heavy atom. The highest BCUT2D eigenvalue weighted by Gasteiger charge is 2.18. The summed E-state index contributed by atoms with van der Waals surface area (Å²) in [7, 11) is 0. The molecular weight excluding hydrogens is 136 g/mol. The van der Waals surface area contributed by atoms with E-state index in [1.807, 2.05) is 0 Å². The molecule has 1 atom stereocenters. The standard InChI is InChI=1S/C5H10N2O3/c1-3(5(9)10)7(6)4(2)8/h3H,6H2,1-2H3,(H,9,10). The van der Waals surface area contributed by atoms with E-state index in [1.54, 1.807) is 0 Å². The summed E-state index contributed by atoms with van der Waals surface area (Å²) in [4.78, 5) is 20.6. The van der Waals surface area contributed by atoms with Crippen LogP contribution in [0.5, 0.6) is 0 Å². The van der Waals surface area contributed by atoms with Crippen LogP contribution in [0.1, 0.15) is 13.8 Å². The number of carboxylic acids is 1. The summed E-state index contributed by atoms with van der Waals surface area (Å²) in [6.07, 6.45) is 0. The molecule has 0 aromatic heterocycles. The molecule has 0 saturated carbocycles. The first-order chi connectivity index (χ1) is 4.46. The predicted molar refractivity (Wildman–Crippen MR) is 33.8 cm³/mol. The Kier molecular flexibility index (Phi) is 2.82. The van der Waals surface area contributed by atoms with Crippen molar-refractivity contribution in [3.63, 3.8) is 0 Å². The molecule has 0 aliphatic rings. The van der Waals surface area contributed by atoms with Crippen molar-refractivity contribution in [3.05, 3.63) is 0 Å². The second-order valence-electron chi connectivity index (χ2n) is 1.94. The zero-order valence-corrected chi connectivity index (χ0v) is 5.87. The Labute approximate surface area is 58.4 Å². The molecule has 0 fully saturated rings. The molecule has 1 unspecified atom stereocenters. The molecule has 0 aliphatic heterocycles. The van der Waals surface area contributed by atoms with E-state index in [-0.39, 0.29) is 0 Å². The summed E-state index contributed by atoms with van der Waals surface area (Å²) in [5, 5.41) is 9.00. The van der Waals surface area contributed by atoms with Crippen LogP contribution < -0.4 is 5.84 Å². The van der Waals surface area contributed by atoms with Crippen LogP contribution in [0.3, 0.4) is 0 Å². The second kappa shape index (κ2) is 3.17. The quantitative estimate of drug-likeness (QED) is 0.303. The number of nitrogens with two attached hydrogens (primary N) is 1. The number of aliphatic carboxylic acids is 1. The van der Waals surface area contributed by atoms with Crippen molar-refractivity contribution in [1.82, 2.24) is 5.01 Å². The molecule has 0 aliphatic carbocycles. The number of carboxylic acid groups (broad SMARTS) is 1. The van der Waals surface area contributed by atoms with Crippen LogP contribution in [0, 0.1) is 0 Å². The van der Waals surface area contributed by atoms with Gasteiger partial charge in [0.15, 0.2) is 0 Å². The van der Waals surface area contributed by atoms with Crippen molar-refractivity contribution in [3.8, 4) is 0 Å². The maximum Gasteiger partial charge on any atom is 0.327 e. The predicted octanol–water partition coefficient (Wildman–Crippen LogP) is -0.818. The number of rotatable bonds is 2. The average Bonchev–Trinajstić information content (AvgIpc) is 1.84. The largest absolute Gasteiger partial charge is 0.480 e. The van der Waals surface area contributed by atoms with Gasteiger partial charge in [0.1, 0.15) is 6.04 Å². The summed E-state index contributed by atoms with van der Waals surface area (Å²) in [5.74, 6) is 3.49. The van der Waals surface area contributed by atoms with Gasteiger partial charge in [0.05, 0.1) is 0 Å². The number of amides is 1. The van der Waals surface area contributed by atoms with E-state index in [2.05, 4.69) is 0 Å². The third-order valence-electron chi connectivity index (χ3n) is 1.14. The van der Waals surface area contributed by atoms with E-state index in [0.29, 0.717) is 5.01 Å². The SMILES string of the molecule is CC(=O)N(N)C(C)C(=O)O. The lowest BCUT2D eigenvalue weighted by molar-refractivity contribution is -0.148. The van der Waals surface area contributed by atoms with Gasteiger partial charge in [0, 0.05) is 6.92 Å². The highest BCUT2D eigenvalue weighted by molar-refractivity contribution is 5.81. The van der Waals surface area contributed by atoms with Crippen molar-refractivity contribution in [1.29, 1.82) is 0 Å². The van der Waals surface area contributed by atoms with Crippen LogP contribution in [0.2, 0.25) is 0 Å². The third-order valence-corrected chi connectivity index (χ3v) is 1.14. The summed E-state index contributed by atoms with van der Waals surface area (Å²) in [5.41, 5.74) is 0. The van der Waals surface area contributed by atoms with Gasteiger partial charge < -0.3 is 5.11 Å². The lowest BCUT2D eigenvalue weighted by atomic mass is 10.3. The summed E-state index contributed by atoms with van der Waals surface area (Å²) >= 11 is 0. The number of nitrogens with zero attached hydrogens (tertiary/aromatic N) is 1. The minimum atomic E-state index is -1.11. The van der Waals surface area contributed by atoms with Crippen LogP contribution in [0.15, 0.2) is 0 Å². The Bertz CT molecular complexity index is 139. The molecule has 0 aromatic rings. The maximum absolute atomic E-state index is 10.4. The number of hydrogen-bond donors (Lipinski definition) is 2. The molecule has 10 heavy (non-hydrogen) atoms. The van der Waals surface area contributed by atoms with Crippen molar-refractivity contribution >= 4 is 11.9 Å². The molecule has 0 aromatic carbocycles. The van der Waals surface area contributed by atoms with E-state index in [4.69, 9.17) is 10.9 Å². The first-order valence-corrected chi connectivity index (χ1v) is 2.74. The molecule has 0 spiro atoms. The Morgan fingerprint density at radius 2 is 2.00 bits per heavy atom. The van der Waals surface area contributed by atoms with Crippen molar-refractivity contribution in [2.24, 2.45) is 5.84 Å². The molecular formula is C5H10N2O3. The van der Waals surface area contributed by atoms with Gasteiger partial charge in [0.2, 0.25) is 5.91 Å². The first kappa shape index (κ1) is 8.90. The third kappa shape index (κ3) is 2.02. The Balaban J connectivity index is 4.07. The highest BCUT2D eigenvalue weighted by Crippen LogP contribution is 1.91. The van der Waals surface area contributed by atoms with Gasteiger partial charge in [0.25, 0.3) is 0 Å². The lowest BCUT2D eigenvalue weighted by Gasteiger charge is -2.18. The highest BCUT2D eigenvalue weighted by atomic mass is 16.4. The fourth-order valence-corrected chi connectivity index (χ4v) is 0.392. The van der Waals surface area contributed by atoms with E-state index in [9.17, 15) is 9.59 Å². The first-order valence-electron chi connectivity index (χ1n) is 2.74. The number of hydrogen-bond acceptors (Lipinski definition) is 3. The number of carbonyl (C=O) groups is 2. The van der Waals surface area contributed by atoms with Gasteiger partial charge >= 0.3 is 5.97 Å². The van der Waals surface area contributed by atoms with E-state index in [0.717, 1.165) is 0 Å². The fourth-order valence-electron chi connectivity index (χ4n) is 0.392. The van der Waals surface area contributed by atoms with Gasteiger partial charge in [-0.25, -0.2) is 10.6 Å². The Hall–Kier alpha value is -1.10. The minimum Gasteiger partial charge on any atom is -0.480 e. The molecule has 3 N–H and O–H groups in total. The van der Waals surface area contributed by atoms with Crippen LogP contribution in [0.25, 0.3) is 0 Å². The molecule has 0 bridgehead atoms. The van der Waals surface area contributed by atoms with Crippen LogP contribution in [-0.4, -0.2) is 28.0 Å². The lowest BCUT2D eigenvalue weighted by Crippen LogP contribution is -2.46. The molecule has 5 heteroatoms. The smallest absolute Gasteiger partial charge is 0.327 e. The molecule has 0 heterocycles. The fraction of sp³-hybridized carbons (Fsp3) is 0.600. The van der Waals surface area contributed by atoms with Crippen LogP contribution in [0.4, 0.5) is 0 Å². The van der Waals surface area contributed by atoms with Gasteiger partial charge in [-0.05, 0) is 6.92 Å². The van der Waals surface area contributed by atoms with E-state index < -0.39 is 17.9 Å². The summed E-state index contributed by atoms with van der Waals surface area (Å²) in [6.45, 7) is 2.54. The molecule has 0 radical (unpaired) electrons. The Morgan fingerprint density at radius 3 is 2.10 bits per heavy atom. The normalized spacial score (nSPS) is 12.3. The molecule has 0 saturated heterocycles. The van der Waals surface area contributed by atoms with Crippen LogP contribution in [-0.2, 0) is 9.59 Å². The van der Waals surface area contributed by atoms with Gasteiger partial charge in [-0.2, -0.15) is 0 Å². The molecule has 1 amide bonds. The molecule has 5 nitrogen and oxygen atoms in total. The van der Waals surface area contributed by atoms with Gasteiger partial charge in [-0.3, -0.25) is 9.80 Å². The summed E-state index contributed by atoms with van der Waals surface area (Å²) < 4.78 is 0. The van der Waals surface area contributed by atoms with Crippen molar-refractivity contribution in [2.45, 2.75) is 19.9 Å². The summed E-state index contributed by atoms with van der Waals surface area (Å²) in [6, 6.07) is -0.961. The zero-order valence-electron chi connectivity index (χ0n) is 5.87. The van der Waals surface area contributed by atoms with E-state index >= 15 is 0 Å².